The van der Waals surface area contributed by atoms with Crippen LogP contribution in [0.25, 0.3) is 0 Å². The lowest BCUT2D eigenvalue weighted by Gasteiger charge is -2.40. The number of rotatable bonds is 3. The molecule has 0 spiro atoms. The Hall–Kier alpha value is -1.43. The molecule has 0 amide bonds. The van der Waals surface area contributed by atoms with Gasteiger partial charge in [-0.25, -0.2) is 0 Å². The number of alkyl halides is 3. The molecular formula is C15H21F3N2O. The van der Waals surface area contributed by atoms with Crippen molar-refractivity contribution in [2.24, 2.45) is 5.92 Å². The number of aliphatic hydroxyl groups is 1. The molecule has 0 bridgehead atoms. The van der Waals surface area contributed by atoms with E-state index in [0.717, 1.165) is 37.8 Å². The molecule has 1 aliphatic carbocycles. The van der Waals surface area contributed by atoms with Gasteiger partial charge in [-0.15, -0.1) is 0 Å². The van der Waals surface area contributed by atoms with Crippen molar-refractivity contribution in [3.05, 3.63) is 23.8 Å². The van der Waals surface area contributed by atoms with Crippen molar-refractivity contribution in [1.29, 1.82) is 0 Å². The summed E-state index contributed by atoms with van der Waals surface area (Å²) in [5.74, 6) is 0.467. The van der Waals surface area contributed by atoms with Gasteiger partial charge in [-0.05, 0) is 37.0 Å². The van der Waals surface area contributed by atoms with Gasteiger partial charge in [-0.2, -0.15) is 13.2 Å². The monoisotopic (exact) mass is 302 g/mol. The van der Waals surface area contributed by atoms with Crippen LogP contribution in [-0.2, 0) is 6.18 Å². The van der Waals surface area contributed by atoms with Crippen LogP contribution < -0.4 is 11.1 Å². The first-order valence-corrected chi connectivity index (χ1v) is 7.11. The summed E-state index contributed by atoms with van der Waals surface area (Å²) in [5, 5.41) is 12.9. The van der Waals surface area contributed by atoms with Crippen molar-refractivity contribution in [3.8, 4) is 0 Å². The summed E-state index contributed by atoms with van der Waals surface area (Å²) < 4.78 is 37.9. The molecule has 0 heterocycles. The van der Waals surface area contributed by atoms with E-state index in [0.29, 0.717) is 11.6 Å². The number of halogens is 3. The highest BCUT2D eigenvalue weighted by molar-refractivity contribution is 5.68. The molecule has 4 N–H and O–H groups in total. The normalized spacial score (nSPS) is 26.6. The minimum absolute atomic E-state index is 0.0517. The standard InChI is InChI=1S/C15H21F3N2O/c1-10-3-2-6-14(8-10,9-21)20-13-5-4-11(7-12(13)19)15(16,17)18/h4-5,7,10,20-21H,2-3,6,8-9,19H2,1H3. The fourth-order valence-corrected chi connectivity index (χ4v) is 3.10. The highest BCUT2D eigenvalue weighted by atomic mass is 19.4. The van der Waals surface area contributed by atoms with Crippen molar-refractivity contribution in [2.75, 3.05) is 17.7 Å². The van der Waals surface area contributed by atoms with Crippen LogP contribution in [0.5, 0.6) is 0 Å². The predicted octanol–water partition coefficient (Wildman–Crippen LogP) is 3.64. The fourth-order valence-electron chi connectivity index (χ4n) is 3.10. The maximum absolute atomic E-state index is 12.6. The first-order valence-electron chi connectivity index (χ1n) is 7.11. The molecule has 2 atom stereocenters. The zero-order valence-electron chi connectivity index (χ0n) is 12.0. The minimum atomic E-state index is -4.40. The maximum Gasteiger partial charge on any atom is 0.416 e. The van der Waals surface area contributed by atoms with Crippen LogP contribution in [0.3, 0.4) is 0 Å². The Bertz CT molecular complexity index is 504. The van der Waals surface area contributed by atoms with Crippen LogP contribution in [0.15, 0.2) is 18.2 Å². The summed E-state index contributed by atoms with van der Waals surface area (Å²) in [6, 6.07) is 3.28. The Labute approximate surface area is 122 Å². The third kappa shape index (κ3) is 3.61. The van der Waals surface area contributed by atoms with Crippen LogP contribution >= 0.6 is 0 Å². The molecule has 118 valence electrons. The molecule has 3 nitrogen and oxygen atoms in total. The van der Waals surface area contributed by atoms with E-state index in [1.807, 2.05) is 0 Å². The number of hydrogen-bond donors (Lipinski definition) is 3. The predicted molar refractivity (Wildman–Crippen MR) is 76.9 cm³/mol. The number of benzene rings is 1. The minimum Gasteiger partial charge on any atom is -0.397 e. The quantitative estimate of drug-likeness (QED) is 0.747. The van der Waals surface area contributed by atoms with Crippen LogP contribution in [-0.4, -0.2) is 17.3 Å². The van der Waals surface area contributed by atoms with Gasteiger partial charge in [0.15, 0.2) is 0 Å². The molecule has 0 aliphatic heterocycles. The van der Waals surface area contributed by atoms with Gasteiger partial charge in [-0.1, -0.05) is 19.8 Å². The van der Waals surface area contributed by atoms with E-state index >= 15 is 0 Å². The van der Waals surface area contributed by atoms with E-state index < -0.39 is 17.3 Å². The maximum atomic E-state index is 12.6. The second-order valence-electron chi connectivity index (χ2n) is 6.06. The largest absolute Gasteiger partial charge is 0.416 e. The van der Waals surface area contributed by atoms with Gasteiger partial charge in [0.25, 0.3) is 0 Å². The Morgan fingerprint density at radius 1 is 1.43 bits per heavy atom. The van der Waals surface area contributed by atoms with E-state index in [4.69, 9.17) is 5.73 Å². The number of nitrogens with one attached hydrogen (secondary N) is 1. The second-order valence-corrected chi connectivity index (χ2v) is 6.06. The second kappa shape index (κ2) is 5.75. The van der Waals surface area contributed by atoms with Crippen molar-refractivity contribution < 1.29 is 18.3 Å². The van der Waals surface area contributed by atoms with Gasteiger partial charge < -0.3 is 16.2 Å². The number of nitrogens with two attached hydrogens (primary N) is 1. The van der Waals surface area contributed by atoms with Gasteiger partial charge in [0, 0.05) is 0 Å². The van der Waals surface area contributed by atoms with Crippen LogP contribution in [0.4, 0.5) is 24.5 Å². The smallest absolute Gasteiger partial charge is 0.397 e. The number of nitrogen functional groups attached to an aromatic ring is 1. The molecule has 21 heavy (non-hydrogen) atoms. The number of anilines is 2. The fraction of sp³-hybridized carbons (Fsp3) is 0.600. The highest BCUT2D eigenvalue weighted by Gasteiger charge is 2.35. The lowest BCUT2D eigenvalue weighted by molar-refractivity contribution is -0.137. The molecule has 1 aromatic rings. The third-order valence-corrected chi connectivity index (χ3v) is 4.17. The summed E-state index contributed by atoms with van der Waals surface area (Å²) in [5.41, 5.74) is 4.98. The molecule has 0 aromatic heterocycles. The van der Waals surface area contributed by atoms with Crippen LogP contribution in [0.2, 0.25) is 0 Å². The summed E-state index contributed by atoms with van der Waals surface area (Å²) in [4.78, 5) is 0. The van der Waals surface area contributed by atoms with E-state index in [-0.39, 0.29) is 12.3 Å². The van der Waals surface area contributed by atoms with E-state index in [1.165, 1.54) is 6.07 Å². The molecular weight excluding hydrogens is 281 g/mol. The van der Waals surface area contributed by atoms with Crippen molar-refractivity contribution in [3.63, 3.8) is 0 Å². The zero-order valence-corrected chi connectivity index (χ0v) is 12.0. The van der Waals surface area contributed by atoms with Gasteiger partial charge in [0.1, 0.15) is 0 Å². The Balaban J connectivity index is 2.22. The van der Waals surface area contributed by atoms with Crippen LogP contribution in [0.1, 0.15) is 38.2 Å². The molecule has 0 saturated heterocycles. The molecule has 0 radical (unpaired) electrons. The summed E-state index contributed by atoms with van der Waals surface area (Å²) in [6.07, 6.45) is -0.750. The number of hydrogen-bond acceptors (Lipinski definition) is 3. The Kier molecular flexibility index (Phi) is 4.37. The lowest BCUT2D eigenvalue weighted by Crippen LogP contribution is -2.46. The average Bonchev–Trinajstić information content (AvgIpc) is 2.40. The topological polar surface area (TPSA) is 58.3 Å². The molecule has 2 unspecified atom stereocenters. The molecule has 1 fully saturated rings. The van der Waals surface area contributed by atoms with Crippen molar-refractivity contribution in [1.82, 2.24) is 0 Å². The Morgan fingerprint density at radius 2 is 2.14 bits per heavy atom. The van der Waals surface area contributed by atoms with Crippen molar-refractivity contribution in [2.45, 2.75) is 44.3 Å². The van der Waals surface area contributed by atoms with Gasteiger partial charge in [0.05, 0.1) is 29.1 Å². The summed E-state index contributed by atoms with van der Waals surface area (Å²) in [6.45, 7) is 2.05. The first-order chi connectivity index (χ1) is 9.76. The highest BCUT2D eigenvalue weighted by Crippen LogP contribution is 2.38. The average molecular weight is 302 g/mol. The molecule has 2 rings (SSSR count). The molecule has 1 aromatic carbocycles. The van der Waals surface area contributed by atoms with Gasteiger partial charge >= 0.3 is 6.18 Å². The zero-order chi connectivity index (χ0) is 15.7. The third-order valence-electron chi connectivity index (χ3n) is 4.17. The van der Waals surface area contributed by atoms with E-state index in [9.17, 15) is 18.3 Å². The van der Waals surface area contributed by atoms with Gasteiger partial charge in [0.2, 0.25) is 0 Å². The van der Waals surface area contributed by atoms with Crippen molar-refractivity contribution >= 4 is 11.4 Å². The molecule has 6 heteroatoms. The summed E-state index contributed by atoms with van der Waals surface area (Å²) >= 11 is 0. The molecule has 1 saturated carbocycles. The lowest BCUT2D eigenvalue weighted by atomic mass is 9.76. The van der Waals surface area contributed by atoms with E-state index in [2.05, 4.69) is 12.2 Å². The Morgan fingerprint density at radius 3 is 2.67 bits per heavy atom. The SMILES string of the molecule is CC1CCCC(CO)(Nc2ccc(C(F)(F)F)cc2N)C1. The first kappa shape index (κ1) is 15.9. The van der Waals surface area contributed by atoms with Gasteiger partial charge in [-0.3, -0.25) is 0 Å². The number of aliphatic hydroxyl groups excluding tert-OH is 1. The van der Waals surface area contributed by atoms with Crippen LogP contribution in [0, 0.1) is 5.92 Å². The van der Waals surface area contributed by atoms with E-state index in [1.54, 1.807) is 0 Å². The molecule has 1 aliphatic rings. The summed E-state index contributed by atoms with van der Waals surface area (Å²) in [7, 11) is 0.